The van der Waals surface area contributed by atoms with Gasteiger partial charge in [0.05, 0.1) is 6.61 Å². The van der Waals surface area contributed by atoms with Crippen LogP contribution in [0.25, 0.3) is 0 Å². The number of fused-ring (bicyclic) bond motifs is 3. The van der Waals surface area contributed by atoms with Crippen LogP contribution in [0.4, 0.5) is 0 Å². The molecule has 0 saturated carbocycles. The molecule has 0 aliphatic carbocycles. The number of aldehydes is 1. The van der Waals surface area contributed by atoms with Gasteiger partial charge in [-0.1, -0.05) is 0 Å². The number of carbonyl (C=O) groups excluding carboxylic acids is 3. The standard InChI is InChI=1S/C20H25N3O4/c1-21-18(25)16(3-2-8-24)23-11-13-9-15-17(10-14(13)19(23)26)27-12-20(15)4-6-22-7-5-20/h8-10,16,22H,2-7,11-12H2,1H3,(H,21,25). The van der Waals surface area contributed by atoms with Crippen molar-refractivity contribution in [1.82, 2.24) is 15.5 Å². The van der Waals surface area contributed by atoms with Crippen molar-refractivity contribution in [3.05, 3.63) is 28.8 Å². The number of carbonyl (C=O) groups is 3. The van der Waals surface area contributed by atoms with E-state index in [1.807, 2.05) is 6.07 Å². The molecule has 144 valence electrons. The van der Waals surface area contributed by atoms with E-state index >= 15 is 0 Å². The van der Waals surface area contributed by atoms with Crippen LogP contribution in [-0.4, -0.2) is 55.8 Å². The zero-order valence-corrected chi connectivity index (χ0v) is 15.5. The molecular formula is C20H25N3O4. The van der Waals surface area contributed by atoms with Crippen molar-refractivity contribution in [3.8, 4) is 5.75 Å². The van der Waals surface area contributed by atoms with Gasteiger partial charge in [-0.3, -0.25) is 9.59 Å². The van der Waals surface area contributed by atoms with Gasteiger partial charge < -0.3 is 25.1 Å². The Morgan fingerprint density at radius 3 is 2.89 bits per heavy atom. The molecule has 1 aromatic carbocycles. The van der Waals surface area contributed by atoms with Crippen LogP contribution < -0.4 is 15.4 Å². The van der Waals surface area contributed by atoms with E-state index in [4.69, 9.17) is 4.74 Å². The van der Waals surface area contributed by atoms with E-state index in [-0.39, 0.29) is 23.7 Å². The lowest BCUT2D eigenvalue weighted by Gasteiger charge is -2.32. The van der Waals surface area contributed by atoms with Crippen molar-refractivity contribution in [2.75, 3.05) is 26.7 Å². The van der Waals surface area contributed by atoms with Crippen molar-refractivity contribution in [2.24, 2.45) is 0 Å². The predicted octanol–water partition coefficient (Wildman–Crippen LogP) is 0.750. The van der Waals surface area contributed by atoms with Crippen LogP contribution >= 0.6 is 0 Å². The predicted molar refractivity (Wildman–Crippen MR) is 98.7 cm³/mol. The maximum absolute atomic E-state index is 13.0. The highest BCUT2D eigenvalue weighted by Gasteiger charge is 2.44. The minimum Gasteiger partial charge on any atom is -0.492 e. The van der Waals surface area contributed by atoms with Crippen molar-refractivity contribution in [1.29, 1.82) is 0 Å². The van der Waals surface area contributed by atoms with Crippen molar-refractivity contribution in [3.63, 3.8) is 0 Å². The number of hydrogen-bond acceptors (Lipinski definition) is 5. The van der Waals surface area contributed by atoms with Gasteiger partial charge in [0.15, 0.2) is 0 Å². The monoisotopic (exact) mass is 371 g/mol. The molecule has 3 aliphatic rings. The Morgan fingerprint density at radius 2 is 2.19 bits per heavy atom. The maximum atomic E-state index is 13.0. The highest BCUT2D eigenvalue weighted by atomic mass is 16.5. The Hall–Kier alpha value is -2.41. The highest BCUT2D eigenvalue weighted by molar-refractivity contribution is 6.01. The van der Waals surface area contributed by atoms with Gasteiger partial charge in [-0.05, 0) is 50.0 Å². The van der Waals surface area contributed by atoms with Crippen LogP contribution in [0, 0.1) is 0 Å². The lowest BCUT2D eigenvalue weighted by Crippen LogP contribution is -2.46. The fourth-order valence-corrected chi connectivity index (χ4v) is 4.58. The first kappa shape index (κ1) is 18.0. The van der Waals surface area contributed by atoms with E-state index < -0.39 is 6.04 Å². The van der Waals surface area contributed by atoms with Crippen LogP contribution in [0.2, 0.25) is 0 Å². The largest absolute Gasteiger partial charge is 0.492 e. The Bertz CT molecular complexity index is 786. The first-order chi connectivity index (χ1) is 13.1. The number of piperidine rings is 1. The van der Waals surface area contributed by atoms with Gasteiger partial charge in [-0.25, -0.2) is 0 Å². The summed E-state index contributed by atoms with van der Waals surface area (Å²) in [5, 5.41) is 6.01. The Balaban J connectivity index is 1.65. The van der Waals surface area contributed by atoms with Gasteiger partial charge in [0, 0.05) is 36.6 Å². The molecule has 0 bridgehead atoms. The lowest BCUT2D eigenvalue weighted by molar-refractivity contribution is -0.125. The lowest BCUT2D eigenvalue weighted by atomic mass is 9.74. The molecule has 7 heteroatoms. The van der Waals surface area contributed by atoms with E-state index in [9.17, 15) is 14.4 Å². The number of nitrogens with one attached hydrogen (secondary N) is 2. The summed E-state index contributed by atoms with van der Waals surface area (Å²) in [6.07, 6.45) is 3.41. The van der Waals surface area contributed by atoms with Crippen molar-refractivity contribution >= 4 is 18.1 Å². The Morgan fingerprint density at radius 1 is 1.41 bits per heavy atom. The summed E-state index contributed by atoms with van der Waals surface area (Å²) < 4.78 is 5.97. The fraction of sp³-hybridized carbons (Fsp3) is 0.550. The number of hydrogen-bond donors (Lipinski definition) is 2. The molecular weight excluding hydrogens is 346 g/mol. The zero-order chi connectivity index (χ0) is 19.0. The molecule has 1 unspecified atom stereocenters. The average molecular weight is 371 g/mol. The van der Waals surface area contributed by atoms with Crippen LogP contribution in [-0.2, 0) is 21.5 Å². The summed E-state index contributed by atoms with van der Waals surface area (Å²) in [4.78, 5) is 37.6. The third-order valence-electron chi connectivity index (χ3n) is 6.16. The van der Waals surface area contributed by atoms with Crippen LogP contribution in [0.3, 0.4) is 0 Å². The molecule has 0 aromatic heterocycles. The minimum absolute atomic E-state index is 0.0315. The second-order valence-electron chi connectivity index (χ2n) is 7.63. The molecule has 27 heavy (non-hydrogen) atoms. The number of nitrogens with zero attached hydrogens (tertiary/aromatic N) is 1. The van der Waals surface area contributed by atoms with Crippen LogP contribution in [0.5, 0.6) is 5.75 Å². The molecule has 2 amide bonds. The van der Waals surface area contributed by atoms with Crippen LogP contribution in [0.15, 0.2) is 12.1 Å². The summed E-state index contributed by atoms with van der Waals surface area (Å²) in [5.41, 5.74) is 2.78. The first-order valence-electron chi connectivity index (χ1n) is 9.57. The quantitative estimate of drug-likeness (QED) is 0.746. The summed E-state index contributed by atoms with van der Waals surface area (Å²) in [6, 6.07) is 3.33. The summed E-state index contributed by atoms with van der Waals surface area (Å²) in [5.74, 6) is 0.397. The number of rotatable bonds is 5. The third kappa shape index (κ3) is 2.90. The van der Waals surface area contributed by atoms with Gasteiger partial charge in [-0.15, -0.1) is 0 Å². The van der Waals surface area contributed by atoms with Crippen LogP contribution in [0.1, 0.15) is 47.2 Å². The van der Waals surface area contributed by atoms with Crippen molar-refractivity contribution in [2.45, 2.75) is 43.7 Å². The molecule has 1 fully saturated rings. The molecule has 3 aliphatic heterocycles. The summed E-state index contributed by atoms with van der Waals surface area (Å²) in [6.45, 7) is 3.00. The molecule has 1 saturated heterocycles. The van der Waals surface area contributed by atoms with Gasteiger partial charge in [-0.2, -0.15) is 0 Å². The van der Waals surface area contributed by atoms with Gasteiger partial charge >= 0.3 is 0 Å². The SMILES string of the molecule is CNC(=O)C(CCC=O)N1Cc2cc3c(cc2C1=O)OCC31CCNCC1. The van der Waals surface area contributed by atoms with Crippen molar-refractivity contribution < 1.29 is 19.1 Å². The van der Waals surface area contributed by atoms with E-state index in [0.717, 1.165) is 43.5 Å². The molecule has 3 heterocycles. The normalized spacial score (nSPS) is 20.8. The second kappa shape index (κ2) is 6.96. The molecule has 1 spiro atoms. The molecule has 2 N–H and O–H groups in total. The second-order valence-corrected chi connectivity index (χ2v) is 7.63. The van der Waals surface area contributed by atoms with E-state index in [1.54, 1.807) is 11.9 Å². The number of likely N-dealkylation sites (N-methyl/N-ethyl adjacent to an activating group) is 1. The molecule has 4 rings (SSSR count). The molecule has 0 radical (unpaired) electrons. The average Bonchev–Trinajstić information content (AvgIpc) is 3.19. The zero-order valence-electron chi connectivity index (χ0n) is 15.5. The number of amides is 2. The highest BCUT2D eigenvalue weighted by Crippen LogP contribution is 2.46. The van der Waals surface area contributed by atoms with E-state index in [0.29, 0.717) is 25.1 Å². The van der Waals surface area contributed by atoms with Gasteiger partial charge in [0.1, 0.15) is 18.1 Å². The fourth-order valence-electron chi connectivity index (χ4n) is 4.58. The summed E-state index contributed by atoms with van der Waals surface area (Å²) >= 11 is 0. The molecule has 1 atom stereocenters. The van der Waals surface area contributed by atoms with Gasteiger partial charge in [0.2, 0.25) is 5.91 Å². The summed E-state index contributed by atoms with van der Waals surface area (Å²) in [7, 11) is 1.55. The van der Waals surface area contributed by atoms with E-state index in [1.165, 1.54) is 5.56 Å². The number of ether oxygens (including phenoxy) is 1. The molecule has 1 aromatic rings. The smallest absolute Gasteiger partial charge is 0.255 e. The maximum Gasteiger partial charge on any atom is 0.255 e. The van der Waals surface area contributed by atoms with Gasteiger partial charge in [0.25, 0.3) is 5.91 Å². The Labute approximate surface area is 158 Å². The van der Waals surface area contributed by atoms with E-state index in [2.05, 4.69) is 16.7 Å². The molecule has 7 nitrogen and oxygen atoms in total. The third-order valence-corrected chi connectivity index (χ3v) is 6.16. The topological polar surface area (TPSA) is 87.7 Å². The Kier molecular flexibility index (Phi) is 4.63. The first-order valence-corrected chi connectivity index (χ1v) is 9.57. The number of benzene rings is 1. The minimum atomic E-state index is -0.635.